The molecule has 2 atom stereocenters. The molecule has 1 heterocycles. The fourth-order valence-electron chi connectivity index (χ4n) is 2.17. The third-order valence-corrected chi connectivity index (χ3v) is 4.52. The molecule has 0 radical (unpaired) electrons. The molecule has 140 valence electrons. The number of anilines is 1. The molecular formula is C19H18FN3O3S. The van der Waals surface area contributed by atoms with E-state index < -0.39 is 11.4 Å². The van der Waals surface area contributed by atoms with Crippen LogP contribution in [0.1, 0.15) is 25.8 Å². The van der Waals surface area contributed by atoms with Gasteiger partial charge in [0.05, 0.1) is 5.25 Å². The van der Waals surface area contributed by atoms with E-state index >= 15 is 0 Å². The van der Waals surface area contributed by atoms with E-state index in [4.69, 9.17) is 9.15 Å². The molecule has 0 spiro atoms. The second kappa shape index (κ2) is 8.68. The van der Waals surface area contributed by atoms with Crippen molar-refractivity contribution in [2.75, 3.05) is 5.32 Å². The first kappa shape index (κ1) is 18.9. The second-order valence-corrected chi connectivity index (χ2v) is 7.03. The van der Waals surface area contributed by atoms with Gasteiger partial charge in [-0.3, -0.25) is 4.79 Å². The SMILES string of the molecule is C[C@H](Oc1ccc(F)cc1)c1nnc(S[C@H](C)C(=O)Nc2ccccc2)o1. The number of nitrogens with zero attached hydrogens (tertiary/aromatic N) is 2. The number of rotatable bonds is 7. The summed E-state index contributed by atoms with van der Waals surface area (Å²) in [6, 6.07) is 14.9. The number of halogens is 1. The lowest BCUT2D eigenvalue weighted by atomic mass is 10.3. The van der Waals surface area contributed by atoms with Crippen molar-refractivity contribution in [1.29, 1.82) is 0 Å². The van der Waals surface area contributed by atoms with Crippen molar-refractivity contribution in [1.82, 2.24) is 10.2 Å². The van der Waals surface area contributed by atoms with Crippen LogP contribution in [0.25, 0.3) is 0 Å². The number of carbonyl (C=O) groups is 1. The van der Waals surface area contributed by atoms with Gasteiger partial charge in [0.2, 0.25) is 5.91 Å². The molecule has 0 aliphatic carbocycles. The van der Waals surface area contributed by atoms with Crippen LogP contribution in [0.2, 0.25) is 0 Å². The molecule has 0 bridgehead atoms. The predicted octanol–water partition coefficient (Wildman–Crippen LogP) is 4.47. The maximum atomic E-state index is 12.9. The van der Waals surface area contributed by atoms with Gasteiger partial charge in [-0.05, 0) is 50.2 Å². The van der Waals surface area contributed by atoms with Crippen molar-refractivity contribution in [3.8, 4) is 5.75 Å². The van der Waals surface area contributed by atoms with Crippen LogP contribution < -0.4 is 10.1 Å². The van der Waals surface area contributed by atoms with E-state index in [0.29, 0.717) is 5.75 Å². The Morgan fingerprint density at radius 2 is 1.81 bits per heavy atom. The Labute approximate surface area is 160 Å². The molecule has 0 fully saturated rings. The highest BCUT2D eigenvalue weighted by Crippen LogP contribution is 2.27. The molecule has 0 aliphatic heterocycles. The Morgan fingerprint density at radius 1 is 1.11 bits per heavy atom. The molecular weight excluding hydrogens is 369 g/mol. The van der Waals surface area contributed by atoms with E-state index in [2.05, 4.69) is 15.5 Å². The van der Waals surface area contributed by atoms with Gasteiger partial charge in [0.25, 0.3) is 11.1 Å². The summed E-state index contributed by atoms with van der Waals surface area (Å²) >= 11 is 1.16. The Hall–Kier alpha value is -2.87. The quantitative estimate of drug-likeness (QED) is 0.603. The number of thioether (sulfide) groups is 1. The van der Waals surface area contributed by atoms with E-state index in [0.717, 1.165) is 17.4 Å². The number of benzene rings is 2. The summed E-state index contributed by atoms with van der Waals surface area (Å²) in [4.78, 5) is 12.2. The predicted molar refractivity (Wildman–Crippen MR) is 100 cm³/mol. The summed E-state index contributed by atoms with van der Waals surface area (Å²) in [6.45, 7) is 3.50. The van der Waals surface area contributed by atoms with Gasteiger partial charge in [0.1, 0.15) is 11.6 Å². The van der Waals surface area contributed by atoms with Crippen molar-refractivity contribution in [3.05, 3.63) is 66.3 Å². The van der Waals surface area contributed by atoms with Gasteiger partial charge >= 0.3 is 0 Å². The maximum absolute atomic E-state index is 12.9. The lowest BCUT2D eigenvalue weighted by Gasteiger charge is -2.11. The molecule has 27 heavy (non-hydrogen) atoms. The maximum Gasteiger partial charge on any atom is 0.277 e. The van der Waals surface area contributed by atoms with Crippen molar-refractivity contribution in [2.45, 2.75) is 30.4 Å². The molecule has 8 heteroatoms. The normalized spacial score (nSPS) is 13.0. The van der Waals surface area contributed by atoms with Crippen LogP contribution in [0, 0.1) is 5.82 Å². The second-order valence-electron chi connectivity index (χ2n) is 5.74. The molecule has 1 amide bonds. The van der Waals surface area contributed by atoms with Crippen LogP contribution in [-0.2, 0) is 4.79 Å². The van der Waals surface area contributed by atoms with Gasteiger partial charge in [-0.2, -0.15) is 0 Å². The van der Waals surface area contributed by atoms with Crippen molar-refractivity contribution < 1.29 is 18.3 Å². The van der Waals surface area contributed by atoms with Crippen molar-refractivity contribution >= 4 is 23.4 Å². The smallest absolute Gasteiger partial charge is 0.277 e. The van der Waals surface area contributed by atoms with E-state index in [-0.39, 0.29) is 22.8 Å². The molecule has 0 unspecified atom stereocenters. The Kier molecular flexibility index (Phi) is 6.08. The largest absolute Gasteiger partial charge is 0.481 e. The highest BCUT2D eigenvalue weighted by Gasteiger charge is 2.21. The third kappa shape index (κ3) is 5.30. The van der Waals surface area contributed by atoms with Gasteiger partial charge in [0, 0.05) is 5.69 Å². The standard InChI is InChI=1S/C19H18FN3O3S/c1-12(25-16-10-8-14(20)9-11-16)18-22-23-19(26-18)27-13(2)17(24)21-15-6-4-3-5-7-15/h3-13H,1-2H3,(H,21,24)/t12-,13+/m0/s1. The summed E-state index contributed by atoms with van der Waals surface area (Å²) in [5, 5.41) is 10.6. The van der Waals surface area contributed by atoms with Gasteiger partial charge in [-0.25, -0.2) is 4.39 Å². The zero-order valence-electron chi connectivity index (χ0n) is 14.8. The van der Waals surface area contributed by atoms with Crippen LogP contribution in [0.3, 0.4) is 0 Å². The number of nitrogens with one attached hydrogen (secondary N) is 1. The average Bonchev–Trinajstić information content (AvgIpc) is 3.13. The highest BCUT2D eigenvalue weighted by molar-refractivity contribution is 8.00. The fourth-order valence-corrected chi connectivity index (χ4v) is 2.86. The van der Waals surface area contributed by atoms with Gasteiger partial charge in [-0.15, -0.1) is 10.2 Å². The summed E-state index contributed by atoms with van der Waals surface area (Å²) in [5.74, 6) is 0.264. The molecule has 6 nitrogen and oxygen atoms in total. The fraction of sp³-hybridized carbons (Fsp3) is 0.211. The van der Waals surface area contributed by atoms with E-state index in [1.54, 1.807) is 13.8 Å². The molecule has 3 rings (SSSR count). The van der Waals surface area contributed by atoms with Crippen LogP contribution in [0.5, 0.6) is 5.75 Å². The summed E-state index contributed by atoms with van der Waals surface area (Å²) in [6.07, 6.45) is -0.509. The number of carbonyl (C=O) groups excluding carboxylic acids is 1. The Morgan fingerprint density at radius 3 is 2.52 bits per heavy atom. The first-order chi connectivity index (χ1) is 13.0. The number of ether oxygens (including phenoxy) is 1. The van der Waals surface area contributed by atoms with Gasteiger partial charge in [-0.1, -0.05) is 30.0 Å². The average molecular weight is 387 g/mol. The van der Waals surface area contributed by atoms with E-state index in [1.807, 2.05) is 30.3 Å². The summed E-state index contributed by atoms with van der Waals surface area (Å²) in [7, 11) is 0. The highest BCUT2D eigenvalue weighted by atomic mass is 32.2. The zero-order valence-corrected chi connectivity index (χ0v) is 15.6. The molecule has 1 N–H and O–H groups in total. The van der Waals surface area contributed by atoms with Gasteiger partial charge in [0.15, 0.2) is 6.10 Å². The molecule has 2 aromatic carbocycles. The van der Waals surface area contributed by atoms with Crippen LogP contribution in [0.4, 0.5) is 10.1 Å². The molecule has 0 aliphatic rings. The van der Waals surface area contributed by atoms with Crippen LogP contribution >= 0.6 is 11.8 Å². The molecule has 0 saturated carbocycles. The molecule has 0 saturated heterocycles. The zero-order chi connectivity index (χ0) is 19.2. The minimum absolute atomic E-state index is 0.165. The van der Waals surface area contributed by atoms with Gasteiger partial charge < -0.3 is 14.5 Å². The van der Waals surface area contributed by atoms with Crippen LogP contribution in [-0.4, -0.2) is 21.4 Å². The minimum Gasteiger partial charge on any atom is -0.481 e. The number of amides is 1. The first-order valence-electron chi connectivity index (χ1n) is 8.29. The number of para-hydroxylation sites is 1. The monoisotopic (exact) mass is 387 g/mol. The molecule has 1 aromatic heterocycles. The van der Waals surface area contributed by atoms with Crippen molar-refractivity contribution in [2.24, 2.45) is 0 Å². The lowest BCUT2D eigenvalue weighted by molar-refractivity contribution is -0.115. The summed E-state index contributed by atoms with van der Waals surface area (Å²) < 4.78 is 24.2. The number of hydrogen-bond donors (Lipinski definition) is 1. The first-order valence-corrected chi connectivity index (χ1v) is 9.17. The van der Waals surface area contributed by atoms with Crippen molar-refractivity contribution in [3.63, 3.8) is 0 Å². The lowest BCUT2D eigenvalue weighted by Crippen LogP contribution is -2.22. The van der Waals surface area contributed by atoms with E-state index in [9.17, 15) is 9.18 Å². The topological polar surface area (TPSA) is 77.2 Å². The van der Waals surface area contributed by atoms with Crippen LogP contribution in [0.15, 0.2) is 64.2 Å². The number of aromatic nitrogens is 2. The Bertz CT molecular complexity index is 887. The molecule has 3 aromatic rings. The Balaban J connectivity index is 1.56. The number of hydrogen-bond acceptors (Lipinski definition) is 6. The minimum atomic E-state index is -0.509. The summed E-state index contributed by atoms with van der Waals surface area (Å²) in [5.41, 5.74) is 0.725. The third-order valence-electron chi connectivity index (χ3n) is 3.58. The van der Waals surface area contributed by atoms with E-state index in [1.165, 1.54) is 24.3 Å².